The van der Waals surface area contributed by atoms with Gasteiger partial charge in [0.2, 0.25) is 5.91 Å². The lowest BCUT2D eigenvalue weighted by Gasteiger charge is -2.24. The van der Waals surface area contributed by atoms with Crippen LogP contribution in [-0.2, 0) is 16.0 Å². The van der Waals surface area contributed by atoms with Gasteiger partial charge in [-0.2, -0.15) is 0 Å². The number of hydrogen-bond acceptors (Lipinski definition) is 3. The lowest BCUT2D eigenvalue weighted by atomic mass is 10.1. The fourth-order valence-electron chi connectivity index (χ4n) is 2.13. The quantitative estimate of drug-likeness (QED) is 0.785. The van der Waals surface area contributed by atoms with Gasteiger partial charge in [-0.15, -0.1) is 13.2 Å². The predicted octanol–water partition coefficient (Wildman–Crippen LogP) is 3.09. The molecular weight excluding hydrogens is 327 g/mol. The topological polar surface area (TPSA) is 66.8 Å². The van der Waals surface area contributed by atoms with Gasteiger partial charge in [0.25, 0.3) is 0 Å². The van der Waals surface area contributed by atoms with Gasteiger partial charge in [-0.3, -0.25) is 9.59 Å². The first-order valence-electron chi connectivity index (χ1n) is 7.41. The van der Waals surface area contributed by atoms with Crippen molar-refractivity contribution < 1.29 is 32.6 Å². The Kier molecular flexibility index (Phi) is 7.06. The van der Waals surface area contributed by atoms with E-state index in [1.165, 1.54) is 17.0 Å². The molecule has 0 saturated heterocycles. The van der Waals surface area contributed by atoms with Crippen molar-refractivity contribution in [2.24, 2.45) is 5.92 Å². The molecule has 0 aliphatic heterocycles. The minimum absolute atomic E-state index is 0.0606. The van der Waals surface area contributed by atoms with Crippen molar-refractivity contribution in [3.63, 3.8) is 0 Å². The standard InChI is InChI=1S/C16H20F3NO4/c1-11(2)10-20(7-6-15(22)23)14(21)9-12-4-3-5-13(8-12)24-16(17,18)19/h3-5,8,11H,6-7,9-10H2,1-2H3,(H,22,23). The first kappa shape index (κ1) is 19.8. The number of carboxylic acid groups (broad SMARTS) is 1. The highest BCUT2D eigenvalue weighted by molar-refractivity contribution is 5.79. The average Bonchev–Trinajstić information content (AvgIpc) is 2.41. The second-order valence-electron chi connectivity index (χ2n) is 5.75. The molecule has 0 spiro atoms. The molecule has 0 aliphatic rings. The van der Waals surface area contributed by atoms with Gasteiger partial charge in [-0.05, 0) is 23.6 Å². The van der Waals surface area contributed by atoms with Crippen LogP contribution in [0.2, 0.25) is 0 Å². The number of benzene rings is 1. The zero-order valence-electron chi connectivity index (χ0n) is 13.5. The lowest BCUT2D eigenvalue weighted by molar-refractivity contribution is -0.274. The van der Waals surface area contributed by atoms with Gasteiger partial charge in [0.05, 0.1) is 12.8 Å². The largest absolute Gasteiger partial charge is 0.573 e. The summed E-state index contributed by atoms with van der Waals surface area (Å²) in [6.45, 7) is 4.22. The van der Waals surface area contributed by atoms with Crippen LogP contribution >= 0.6 is 0 Å². The lowest BCUT2D eigenvalue weighted by Crippen LogP contribution is -2.37. The molecular formula is C16H20F3NO4. The minimum Gasteiger partial charge on any atom is -0.481 e. The van der Waals surface area contributed by atoms with Crippen LogP contribution in [0.5, 0.6) is 5.75 Å². The van der Waals surface area contributed by atoms with Crippen LogP contribution in [0.4, 0.5) is 13.2 Å². The van der Waals surface area contributed by atoms with Crippen LogP contribution in [0.1, 0.15) is 25.8 Å². The molecule has 0 unspecified atom stereocenters. The Balaban J connectivity index is 2.78. The first-order chi connectivity index (χ1) is 11.1. The number of alkyl halides is 3. The van der Waals surface area contributed by atoms with Crippen LogP contribution in [0.25, 0.3) is 0 Å². The Labute approximate surface area is 138 Å². The van der Waals surface area contributed by atoms with Crippen LogP contribution in [0.3, 0.4) is 0 Å². The van der Waals surface area contributed by atoms with E-state index in [9.17, 15) is 22.8 Å². The number of amides is 1. The Morgan fingerprint density at radius 3 is 2.50 bits per heavy atom. The van der Waals surface area contributed by atoms with Crippen molar-refractivity contribution in [2.75, 3.05) is 13.1 Å². The number of carboxylic acids is 1. The third kappa shape index (κ3) is 7.85. The van der Waals surface area contributed by atoms with E-state index in [2.05, 4.69) is 4.74 Å². The van der Waals surface area contributed by atoms with Crippen molar-refractivity contribution in [1.82, 2.24) is 4.90 Å². The van der Waals surface area contributed by atoms with E-state index in [1.807, 2.05) is 13.8 Å². The van der Waals surface area contributed by atoms with E-state index < -0.39 is 18.1 Å². The maximum atomic E-state index is 12.3. The van der Waals surface area contributed by atoms with Crippen LogP contribution < -0.4 is 4.74 Å². The molecule has 0 fully saturated rings. The number of carbonyl (C=O) groups is 2. The zero-order chi connectivity index (χ0) is 18.3. The summed E-state index contributed by atoms with van der Waals surface area (Å²) in [4.78, 5) is 24.4. The summed E-state index contributed by atoms with van der Waals surface area (Å²) in [6, 6.07) is 5.19. The molecule has 5 nitrogen and oxygen atoms in total. The fourth-order valence-corrected chi connectivity index (χ4v) is 2.13. The molecule has 0 bridgehead atoms. The highest BCUT2D eigenvalue weighted by atomic mass is 19.4. The smallest absolute Gasteiger partial charge is 0.481 e. The molecule has 0 atom stereocenters. The number of halogens is 3. The zero-order valence-corrected chi connectivity index (χ0v) is 13.5. The van der Waals surface area contributed by atoms with E-state index >= 15 is 0 Å². The van der Waals surface area contributed by atoms with Crippen LogP contribution in [-0.4, -0.2) is 41.3 Å². The Morgan fingerprint density at radius 2 is 1.96 bits per heavy atom. The van der Waals surface area contributed by atoms with Crippen molar-refractivity contribution in [1.29, 1.82) is 0 Å². The van der Waals surface area contributed by atoms with E-state index in [4.69, 9.17) is 5.11 Å². The normalized spacial score (nSPS) is 11.4. The molecule has 0 aliphatic carbocycles. The highest BCUT2D eigenvalue weighted by Crippen LogP contribution is 2.23. The second-order valence-corrected chi connectivity index (χ2v) is 5.75. The van der Waals surface area contributed by atoms with Crippen LogP contribution in [0, 0.1) is 5.92 Å². The summed E-state index contributed by atoms with van der Waals surface area (Å²) in [6.07, 6.45) is -5.11. The molecule has 0 radical (unpaired) electrons. The van der Waals surface area contributed by atoms with E-state index in [-0.39, 0.29) is 31.2 Å². The molecule has 0 heterocycles. The van der Waals surface area contributed by atoms with E-state index in [0.717, 1.165) is 12.1 Å². The third-order valence-corrected chi connectivity index (χ3v) is 3.02. The molecule has 24 heavy (non-hydrogen) atoms. The Morgan fingerprint density at radius 1 is 1.29 bits per heavy atom. The monoisotopic (exact) mass is 347 g/mol. The van der Waals surface area contributed by atoms with Gasteiger partial charge < -0.3 is 14.7 Å². The molecule has 0 saturated carbocycles. The Bertz CT molecular complexity index is 573. The average molecular weight is 347 g/mol. The summed E-state index contributed by atoms with van der Waals surface area (Å²) in [7, 11) is 0. The molecule has 1 amide bonds. The predicted molar refractivity (Wildman–Crippen MR) is 80.5 cm³/mol. The van der Waals surface area contributed by atoms with Crippen molar-refractivity contribution in [3.05, 3.63) is 29.8 Å². The SMILES string of the molecule is CC(C)CN(CCC(=O)O)C(=O)Cc1cccc(OC(F)(F)F)c1. The summed E-state index contributed by atoms with van der Waals surface area (Å²) in [5.41, 5.74) is 0.367. The van der Waals surface area contributed by atoms with E-state index in [0.29, 0.717) is 12.1 Å². The summed E-state index contributed by atoms with van der Waals surface area (Å²) in [5.74, 6) is -1.61. The van der Waals surface area contributed by atoms with Crippen molar-refractivity contribution in [2.45, 2.75) is 33.1 Å². The highest BCUT2D eigenvalue weighted by Gasteiger charge is 2.31. The molecule has 1 N–H and O–H groups in total. The summed E-state index contributed by atoms with van der Waals surface area (Å²) >= 11 is 0. The van der Waals surface area contributed by atoms with Gasteiger partial charge in [-0.25, -0.2) is 0 Å². The first-order valence-corrected chi connectivity index (χ1v) is 7.41. The number of hydrogen-bond donors (Lipinski definition) is 1. The molecule has 8 heteroatoms. The minimum atomic E-state index is -4.80. The van der Waals surface area contributed by atoms with Crippen LogP contribution in [0.15, 0.2) is 24.3 Å². The van der Waals surface area contributed by atoms with Gasteiger partial charge >= 0.3 is 12.3 Å². The van der Waals surface area contributed by atoms with Crippen molar-refractivity contribution >= 4 is 11.9 Å². The van der Waals surface area contributed by atoms with Crippen molar-refractivity contribution in [3.8, 4) is 5.75 Å². The van der Waals surface area contributed by atoms with E-state index in [1.54, 1.807) is 0 Å². The van der Waals surface area contributed by atoms with Gasteiger partial charge in [-0.1, -0.05) is 26.0 Å². The molecule has 1 aromatic carbocycles. The number of nitrogens with zero attached hydrogens (tertiary/aromatic N) is 1. The molecule has 0 aromatic heterocycles. The van der Waals surface area contributed by atoms with Gasteiger partial charge in [0, 0.05) is 13.1 Å². The molecule has 134 valence electrons. The fraction of sp³-hybridized carbons (Fsp3) is 0.500. The third-order valence-electron chi connectivity index (χ3n) is 3.02. The Hall–Kier alpha value is -2.25. The second kappa shape index (κ2) is 8.56. The number of aliphatic carboxylic acids is 1. The number of ether oxygens (including phenoxy) is 1. The maximum Gasteiger partial charge on any atom is 0.573 e. The summed E-state index contributed by atoms with van der Waals surface area (Å²) in [5, 5.41) is 8.75. The van der Waals surface area contributed by atoms with Gasteiger partial charge in [0.1, 0.15) is 5.75 Å². The summed E-state index contributed by atoms with van der Waals surface area (Å²) < 4.78 is 40.5. The number of carbonyl (C=O) groups excluding carboxylic acids is 1. The molecule has 1 aromatic rings. The number of rotatable bonds is 8. The molecule has 1 rings (SSSR count). The van der Waals surface area contributed by atoms with Gasteiger partial charge in [0.15, 0.2) is 0 Å². The maximum absolute atomic E-state index is 12.3.